The molecule has 1 fully saturated rings. The number of hydrogen-bond acceptors (Lipinski definition) is 3. The van der Waals surface area contributed by atoms with Gasteiger partial charge in [-0.05, 0) is 56.4 Å². The molecule has 0 aromatic heterocycles. The minimum Gasteiger partial charge on any atom is -0.466 e. The molecule has 2 rings (SSSR count). The lowest BCUT2D eigenvalue weighted by atomic mass is 9.85. The average Bonchev–Trinajstić information content (AvgIpc) is 2.64. The SMILES string of the molecule is COC(=O)/C=C1/CCCC(/C=C/C(O)CCCCc2ccccc2)C1. The second kappa shape index (κ2) is 10.9. The van der Waals surface area contributed by atoms with Crippen LogP contribution in [0.15, 0.2) is 54.1 Å². The first-order valence-corrected chi connectivity index (χ1v) is 9.35. The predicted octanol–water partition coefficient (Wildman–Crippen LogP) is 4.61. The Morgan fingerprint density at radius 2 is 2.12 bits per heavy atom. The Labute approximate surface area is 151 Å². The zero-order chi connectivity index (χ0) is 17.9. The Kier molecular flexibility index (Phi) is 8.47. The van der Waals surface area contributed by atoms with E-state index in [1.165, 1.54) is 12.7 Å². The van der Waals surface area contributed by atoms with Crippen molar-refractivity contribution < 1.29 is 14.6 Å². The number of esters is 1. The minimum absolute atomic E-state index is 0.266. The van der Waals surface area contributed by atoms with E-state index in [2.05, 4.69) is 30.3 Å². The van der Waals surface area contributed by atoms with E-state index in [1.54, 1.807) is 6.08 Å². The van der Waals surface area contributed by atoms with Crippen molar-refractivity contribution in [3.05, 3.63) is 59.7 Å². The number of benzene rings is 1. The monoisotopic (exact) mass is 342 g/mol. The highest BCUT2D eigenvalue weighted by atomic mass is 16.5. The summed E-state index contributed by atoms with van der Waals surface area (Å²) >= 11 is 0. The van der Waals surface area contributed by atoms with E-state index in [0.29, 0.717) is 5.92 Å². The molecule has 3 heteroatoms. The summed E-state index contributed by atoms with van der Waals surface area (Å²) in [6.45, 7) is 0. The molecule has 25 heavy (non-hydrogen) atoms. The van der Waals surface area contributed by atoms with Crippen molar-refractivity contribution in [1.29, 1.82) is 0 Å². The highest BCUT2D eigenvalue weighted by molar-refractivity contribution is 5.82. The van der Waals surface area contributed by atoms with Gasteiger partial charge in [0, 0.05) is 6.08 Å². The Hall–Kier alpha value is -1.87. The van der Waals surface area contributed by atoms with Gasteiger partial charge in [0.15, 0.2) is 0 Å². The zero-order valence-corrected chi connectivity index (χ0v) is 15.2. The van der Waals surface area contributed by atoms with E-state index >= 15 is 0 Å². The van der Waals surface area contributed by atoms with Crippen LogP contribution >= 0.6 is 0 Å². The summed E-state index contributed by atoms with van der Waals surface area (Å²) < 4.78 is 4.70. The second-order valence-corrected chi connectivity index (χ2v) is 6.87. The van der Waals surface area contributed by atoms with Crippen molar-refractivity contribution in [2.24, 2.45) is 5.92 Å². The molecule has 0 heterocycles. The molecule has 0 spiro atoms. The Bertz CT molecular complexity index is 574. The van der Waals surface area contributed by atoms with Crippen LogP contribution in [0.5, 0.6) is 0 Å². The summed E-state index contributed by atoms with van der Waals surface area (Å²) in [5.74, 6) is 0.154. The van der Waals surface area contributed by atoms with E-state index in [-0.39, 0.29) is 12.1 Å². The summed E-state index contributed by atoms with van der Waals surface area (Å²) in [7, 11) is 1.41. The molecule has 0 aliphatic heterocycles. The molecule has 1 aliphatic carbocycles. The number of aliphatic hydroxyl groups excluding tert-OH is 1. The van der Waals surface area contributed by atoms with Crippen molar-refractivity contribution in [3.63, 3.8) is 0 Å². The number of carbonyl (C=O) groups excluding carboxylic acids is 1. The van der Waals surface area contributed by atoms with Crippen molar-refractivity contribution in [2.45, 2.75) is 57.5 Å². The fourth-order valence-corrected chi connectivity index (χ4v) is 3.36. The highest BCUT2D eigenvalue weighted by Crippen LogP contribution is 2.29. The molecule has 1 saturated carbocycles. The van der Waals surface area contributed by atoms with Crippen LogP contribution in [-0.4, -0.2) is 24.3 Å². The molecule has 0 bridgehead atoms. The number of aliphatic hydroxyl groups is 1. The molecule has 2 unspecified atom stereocenters. The zero-order valence-electron chi connectivity index (χ0n) is 15.2. The van der Waals surface area contributed by atoms with Crippen molar-refractivity contribution in [3.8, 4) is 0 Å². The van der Waals surface area contributed by atoms with Crippen LogP contribution in [0.1, 0.15) is 50.5 Å². The van der Waals surface area contributed by atoms with E-state index in [0.717, 1.165) is 56.9 Å². The van der Waals surface area contributed by atoms with Gasteiger partial charge in [-0.15, -0.1) is 0 Å². The lowest BCUT2D eigenvalue weighted by molar-refractivity contribution is -0.134. The van der Waals surface area contributed by atoms with Crippen molar-refractivity contribution in [2.75, 3.05) is 7.11 Å². The third-order valence-electron chi connectivity index (χ3n) is 4.78. The van der Waals surface area contributed by atoms with Gasteiger partial charge >= 0.3 is 5.97 Å². The normalized spacial score (nSPS) is 20.7. The fraction of sp³-hybridized carbons (Fsp3) is 0.500. The van der Waals surface area contributed by atoms with Gasteiger partial charge in [-0.1, -0.05) is 54.5 Å². The Balaban J connectivity index is 1.68. The number of allylic oxidation sites excluding steroid dienone is 2. The molecule has 1 aromatic carbocycles. The summed E-state index contributed by atoms with van der Waals surface area (Å²) in [5.41, 5.74) is 2.52. The molecule has 1 N–H and O–H groups in total. The van der Waals surface area contributed by atoms with Gasteiger partial charge in [0.05, 0.1) is 13.2 Å². The smallest absolute Gasteiger partial charge is 0.330 e. The molecule has 3 nitrogen and oxygen atoms in total. The molecule has 1 aliphatic rings. The quantitative estimate of drug-likeness (QED) is 0.325. The van der Waals surface area contributed by atoms with Crippen LogP contribution in [0.3, 0.4) is 0 Å². The first-order chi connectivity index (χ1) is 12.2. The number of hydrogen-bond donors (Lipinski definition) is 1. The number of rotatable bonds is 8. The van der Waals surface area contributed by atoms with Gasteiger partial charge in [0.1, 0.15) is 0 Å². The average molecular weight is 342 g/mol. The largest absolute Gasteiger partial charge is 0.466 e. The molecule has 2 atom stereocenters. The van der Waals surface area contributed by atoms with Crippen LogP contribution in [0.25, 0.3) is 0 Å². The predicted molar refractivity (Wildman–Crippen MR) is 101 cm³/mol. The van der Waals surface area contributed by atoms with Gasteiger partial charge in [0.25, 0.3) is 0 Å². The van der Waals surface area contributed by atoms with Crippen molar-refractivity contribution in [1.82, 2.24) is 0 Å². The van der Waals surface area contributed by atoms with Gasteiger partial charge in [0.2, 0.25) is 0 Å². The lowest BCUT2D eigenvalue weighted by Gasteiger charge is -2.21. The van der Waals surface area contributed by atoms with Gasteiger partial charge < -0.3 is 9.84 Å². The minimum atomic E-state index is -0.370. The van der Waals surface area contributed by atoms with Crippen LogP contribution in [0.2, 0.25) is 0 Å². The molecule has 0 saturated heterocycles. The maximum absolute atomic E-state index is 11.3. The molecule has 136 valence electrons. The Morgan fingerprint density at radius 3 is 2.88 bits per heavy atom. The van der Waals surface area contributed by atoms with E-state index in [9.17, 15) is 9.90 Å². The van der Waals surface area contributed by atoms with Crippen LogP contribution < -0.4 is 0 Å². The number of carbonyl (C=O) groups is 1. The van der Waals surface area contributed by atoms with Gasteiger partial charge in [-0.2, -0.15) is 0 Å². The standard InChI is InChI=1S/C22H30O3/c1-25-22(24)17-20-12-7-11-19(16-20)14-15-21(23)13-6-5-10-18-8-3-2-4-9-18/h2-4,8-9,14-15,17,19,21,23H,5-7,10-13,16H2,1H3/b15-14+,20-17-. The van der Waals surface area contributed by atoms with Gasteiger partial charge in [-0.25, -0.2) is 4.79 Å². The van der Waals surface area contributed by atoms with Crippen LogP contribution in [0.4, 0.5) is 0 Å². The first-order valence-electron chi connectivity index (χ1n) is 9.35. The highest BCUT2D eigenvalue weighted by Gasteiger charge is 2.16. The number of unbranched alkanes of at least 4 members (excludes halogenated alkanes) is 1. The molecule has 0 radical (unpaired) electrons. The molecule has 0 amide bonds. The summed E-state index contributed by atoms with van der Waals surface area (Å²) in [5, 5.41) is 10.2. The summed E-state index contributed by atoms with van der Waals surface area (Å²) in [4.78, 5) is 11.3. The Morgan fingerprint density at radius 1 is 1.32 bits per heavy atom. The van der Waals surface area contributed by atoms with E-state index in [1.807, 2.05) is 12.1 Å². The third-order valence-corrected chi connectivity index (χ3v) is 4.78. The van der Waals surface area contributed by atoms with Crippen LogP contribution in [0, 0.1) is 5.92 Å². The maximum atomic E-state index is 11.3. The summed E-state index contributed by atoms with van der Waals surface area (Å²) in [6.07, 6.45) is 13.4. The fourth-order valence-electron chi connectivity index (χ4n) is 3.36. The topological polar surface area (TPSA) is 46.5 Å². The molecule has 1 aromatic rings. The van der Waals surface area contributed by atoms with Crippen LogP contribution in [-0.2, 0) is 16.0 Å². The van der Waals surface area contributed by atoms with Gasteiger partial charge in [-0.3, -0.25) is 0 Å². The van der Waals surface area contributed by atoms with E-state index in [4.69, 9.17) is 4.74 Å². The number of aryl methyl sites for hydroxylation is 1. The second-order valence-electron chi connectivity index (χ2n) is 6.87. The molecular weight excluding hydrogens is 312 g/mol. The van der Waals surface area contributed by atoms with E-state index < -0.39 is 0 Å². The number of methoxy groups -OCH3 is 1. The third kappa shape index (κ3) is 7.70. The lowest BCUT2D eigenvalue weighted by Crippen LogP contribution is -2.10. The maximum Gasteiger partial charge on any atom is 0.330 e. The molecular formula is C22H30O3. The number of ether oxygens (including phenoxy) is 1. The first kappa shape index (κ1) is 19.5. The van der Waals surface area contributed by atoms with Crippen molar-refractivity contribution >= 4 is 5.97 Å². The summed E-state index contributed by atoms with van der Waals surface area (Å²) in [6, 6.07) is 10.5.